The Kier molecular flexibility index (Phi) is 4.31. The fourth-order valence-electron chi connectivity index (χ4n) is 2.93. The van der Waals surface area contributed by atoms with Crippen LogP contribution in [0.3, 0.4) is 0 Å². The molecule has 1 saturated carbocycles. The molecular weight excluding hydrogens is 266 g/mol. The SMILES string of the molecule is Cc1[nH]ccc1C(=O)N(CC1CC1)C[C@H]1CN(C)CCO1. The maximum absolute atomic E-state index is 12.8. The molecule has 1 aromatic heterocycles. The van der Waals surface area contributed by atoms with Crippen molar-refractivity contribution in [2.45, 2.75) is 25.9 Å². The first kappa shape index (κ1) is 14.6. The molecule has 21 heavy (non-hydrogen) atoms. The number of carbonyl (C=O) groups excluding carboxylic acids is 1. The van der Waals surface area contributed by atoms with Crippen molar-refractivity contribution in [3.05, 3.63) is 23.5 Å². The number of H-pyrrole nitrogens is 1. The van der Waals surface area contributed by atoms with E-state index in [2.05, 4.69) is 16.9 Å². The van der Waals surface area contributed by atoms with Crippen molar-refractivity contribution >= 4 is 5.91 Å². The maximum atomic E-state index is 12.8. The Labute approximate surface area is 126 Å². The fourth-order valence-corrected chi connectivity index (χ4v) is 2.93. The molecule has 5 heteroatoms. The van der Waals surface area contributed by atoms with Crippen LogP contribution < -0.4 is 0 Å². The molecule has 1 saturated heterocycles. The van der Waals surface area contributed by atoms with E-state index in [0.717, 1.165) is 37.5 Å². The normalized spacial score (nSPS) is 23.2. The number of morpholine rings is 1. The predicted octanol–water partition coefficient (Wildman–Crippen LogP) is 1.51. The minimum atomic E-state index is 0.130. The number of aryl methyl sites for hydroxylation is 1. The smallest absolute Gasteiger partial charge is 0.255 e. The van der Waals surface area contributed by atoms with E-state index >= 15 is 0 Å². The van der Waals surface area contributed by atoms with Crippen LogP contribution in [-0.4, -0.2) is 66.6 Å². The van der Waals surface area contributed by atoms with Gasteiger partial charge in [-0.1, -0.05) is 0 Å². The van der Waals surface area contributed by atoms with Gasteiger partial charge in [0.25, 0.3) is 5.91 Å². The van der Waals surface area contributed by atoms with E-state index in [1.54, 1.807) is 0 Å². The Hall–Kier alpha value is -1.33. The molecule has 0 aromatic carbocycles. The van der Waals surface area contributed by atoms with Crippen LogP contribution in [0.4, 0.5) is 0 Å². The van der Waals surface area contributed by atoms with Gasteiger partial charge < -0.3 is 19.5 Å². The van der Waals surface area contributed by atoms with Gasteiger partial charge in [-0.25, -0.2) is 0 Å². The van der Waals surface area contributed by atoms with Crippen LogP contribution >= 0.6 is 0 Å². The second-order valence-electron chi connectivity index (χ2n) is 6.42. The second kappa shape index (κ2) is 6.20. The Morgan fingerprint density at radius 1 is 1.48 bits per heavy atom. The molecule has 1 amide bonds. The number of hydrogen-bond donors (Lipinski definition) is 1. The minimum Gasteiger partial charge on any atom is -0.374 e. The summed E-state index contributed by atoms with van der Waals surface area (Å²) in [5, 5.41) is 0. The second-order valence-corrected chi connectivity index (χ2v) is 6.42. The molecule has 1 N–H and O–H groups in total. The number of likely N-dealkylation sites (N-methyl/N-ethyl adjacent to an activating group) is 1. The summed E-state index contributed by atoms with van der Waals surface area (Å²) in [4.78, 5) is 20.2. The lowest BCUT2D eigenvalue weighted by atomic mass is 10.2. The van der Waals surface area contributed by atoms with Gasteiger partial charge in [0, 0.05) is 38.1 Å². The Morgan fingerprint density at radius 2 is 2.29 bits per heavy atom. The molecule has 0 bridgehead atoms. The van der Waals surface area contributed by atoms with Gasteiger partial charge in [0.15, 0.2) is 0 Å². The van der Waals surface area contributed by atoms with Crippen molar-refractivity contribution in [3.63, 3.8) is 0 Å². The molecule has 2 heterocycles. The first-order valence-corrected chi connectivity index (χ1v) is 7.87. The third-order valence-corrected chi connectivity index (χ3v) is 4.41. The number of aromatic nitrogens is 1. The van der Waals surface area contributed by atoms with Crippen LogP contribution in [0.1, 0.15) is 28.9 Å². The van der Waals surface area contributed by atoms with Crippen LogP contribution in [0.15, 0.2) is 12.3 Å². The number of aromatic amines is 1. The summed E-state index contributed by atoms with van der Waals surface area (Å²) in [5.41, 5.74) is 1.74. The van der Waals surface area contributed by atoms with Gasteiger partial charge in [-0.3, -0.25) is 4.79 Å². The van der Waals surface area contributed by atoms with E-state index < -0.39 is 0 Å². The number of hydrogen-bond acceptors (Lipinski definition) is 3. The van der Waals surface area contributed by atoms with E-state index in [0.29, 0.717) is 12.5 Å². The molecule has 1 aliphatic heterocycles. The van der Waals surface area contributed by atoms with Crippen molar-refractivity contribution in [2.75, 3.05) is 39.8 Å². The molecule has 1 atom stereocenters. The molecule has 5 nitrogen and oxygen atoms in total. The third kappa shape index (κ3) is 3.66. The van der Waals surface area contributed by atoms with Gasteiger partial charge >= 0.3 is 0 Å². The first-order chi connectivity index (χ1) is 10.1. The molecule has 0 unspecified atom stereocenters. The molecule has 3 rings (SSSR count). The molecule has 0 spiro atoms. The first-order valence-electron chi connectivity index (χ1n) is 7.87. The van der Waals surface area contributed by atoms with Gasteiger partial charge in [-0.05, 0) is 38.8 Å². The zero-order valence-corrected chi connectivity index (χ0v) is 13.0. The highest BCUT2D eigenvalue weighted by Gasteiger charge is 2.30. The molecule has 2 fully saturated rings. The number of ether oxygens (including phenoxy) is 1. The van der Waals surface area contributed by atoms with E-state index in [1.165, 1.54) is 12.8 Å². The minimum absolute atomic E-state index is 0.130. The molecule has 116 valence electrons. The predicted molar refractivity (Wildman–Crippen MR) is 81.4 cm³/mol. The van der Waals surface area contributed by atoms with Crippen LogP contribution in [0.2, 0.25) is 0 Å². The molecule has 1 aromatic rings. The lowest BCUT2D eigenvalue weighted by Gasteiger charge is -2.34. The lowest BCUT2D eigenvalue weighted by Crippen LogP contribution is -2.48. The summed E-state index contributed by atoms with van der Waals surface area (Å²) < 4.78 is 5.84. The van der Waals surface area contributed by atoms with E-state index in [-0.39, 0.29) is 12.0 Å². The Morgan fingerprint density at radius 3 is 2.90 bits per heavy atom. The molecule has 0 radical (unpaired) electrons. The summed E-state index contributed by atoms with van der Waals surface area (Å²) in [5.74, 6) is 0.826. The third-order valence-electron chi connectivity index (χ3n) is 4.41. The average Bonchev–Trinajstić information content (AvgIpc) is 3.17. The number of nitrogens with one attached hydrogen (secondary N) is 1. The highest BCUT2D eigenvalue weighted by Crippen LogP contribution is 2.30. The Balaban J connectivity index is 1.68. The Bertz CT molecular complexity index is 495. The summed E-state index contributed by atoms with van der Waals surface area (Å²) in [6, 6.07) is 1.88. The number of rotatable bonds is 5. The van der Waals surface area contributed by atoms with Crippen LogP contribution in [0.5, 0.6) is 0 Å². The summed E-state index contributed by atoms with van der Waals surface area (Å²) in [7, 11) is 2.11. The van der Waals surface area contributed by atoms with Gasteiger partial charge in [0.2, 0.25) is 0 Å². The zero-order chi connectivity index (χ0) is 14.8. The average molecular weight is 291 g/mol. The summed E-state index contributed by atoms with van der Waals surface area (Å²) >= 11 is 0. The van der Waals surface area contributed by atoms with Gasteiger partial charge in [0.05, 0.1) is 18.3 Å². The maximum Gasteiger partial charge on any atom is 0.255 e. The standard InChI is InChI=1S/C16H25N3O2/c1-12-15(5-6-17-12)16(20)19(9-13-3-4-13)11-14-10-18(2)7-8-21-14/h5-6,13-14,17H,3-4,7-11H2,1-2H3/t14-/m1/s1. The van der Waals surface area contributed by atoms with Crippen molar-refractivity contribution in [1.82, 2.24) is 14.8 Å². The number of nitrogens with zero attached hydrogens (tertiary/aromatic N) is 2. The molecular formula is C16H25N3O2. The molecule has 1 aliphatic carbocycles. The van der Waals surface area contributed by atoms with Crippen molar-refractivity contribution < 1.29 is 9.53 Å². The number of amides is 1. The largest absolute Gasteiger partial charge is 0.374 e. The van der Waals surface area contributed by atoms with E-state index in [4.69, 9.17) is 4.74 Å². The van der Waals surface area contributed by atoms with Gasteiger partial charge in [-0.2, -0.15) is 0 Å². The highest BCUT2D eigenvalue weighted by atomic mass is 16.5. The van der Waals surface area contributed by atoms with Gasteiger partial charge in [0.1, 0.15) is 0 Å². The zero-order valence-electron chi connectivity index (χ0n) is 13.0. The van der Waals surface area contributed by atoms with Crippen LogP contribution in [0.25, 0.3) is 0 Å². The molecule has 2 aliphatic rings. The summed E-state index contributed by atoms with van der Waals surface area (Å²) in [6.45, 7) is 6.16. The van der Waals surface area contributed by atoms with Crippen LogP contribution in [0, 0.1) is 12.8 Å². The van der Waals surface area contributed by atoms with Crippen molar-refractivity contribution in [3.8, 4) is 0 Å². The number of carbonyl (C=O) groups is 1. The topological polar surface area (TPSA) is 48.6 Å². The summed E-state index contributed by atoms with van der Waals surface area (Å²) in [6.07, 6.45) is 4.47. The fraction of sp³-hybridized carbons (Fsp3) is 0.688. The lowest BCUT2D eigenvalue weighted by molar-refractivity contribution is -0.0331. The van der Waals surface area contributed by atoms with Gasteiger partial charge in [-0.15, -0.1) is 0 Å². The van der Waals surface area contributed by atoms with E-state index in [9.17, 15) is 4.79 Å². The van der Waals surface area contributed by atoms with Crippen LogP contribution in [-0.2, 0) is 4.74 Å². The highest BCUT2D eigenvalue weighted by molar-refractivity contribution is 5.95. The van der Waals surface area contributed by atoms with E-state index in [1.807, 2.05) is 24.1 Å². The van der Waals surface area contributed by atoms with Crippen molar-refractivity contribution in [1.29, 1.82) is 0 Å². The monoisotopic (exact) mass is 291 g/mol. The van der Waals surface area contributed by atoms with Crippen molar-refractivity contribution in [2.24, 2.45) is 5.92 Å². The quantitative estimate of drug-likeness (QED) is 0.894.